The van der Waals surface area contributed by atoms with Crippen LogP contribution in [0.1, 0.15) is 11.3 Å². The van der Waals surface area contributed by atoms with Gasteiger partial charge in [0.1, 0.15) is 0 Å². The van der Waals surface area contributed by atoms with E-state index >= 15 is 0 Å². The van der Waals surface area contributed by atoms with Crippen molar-refractivity contribution in [3.05, 3.63) is 52.3 Å². The maximum absolute atomic E-state index is 11.5. The van der Waals surface area contributed by atoms with Gasteiger partial charge in [0.2, 0.25) is 10.0 Å². The van der Waals surface area contributed by atoms with Crippen LogP contribution in [0.5, 0.6) is 0 Å². The fraction of sp³-hybridized carbons (Fsp3) is 0.353. The Bertz CT molecular complexity index is 892. The summed E-state index contributed by atoms with van der Waals surface area (Å²) in [7, 11) is 2.35. The summed E-state index contributed by atoms with van der Waals surface area (Å²) in [5.41, 5.74) is 2.54. The zero-order valence-electron chi connectivity index (χ0n) is 15.3. The lowest BCUT2D eigenvalue weighted by molar-refractivity contribution is 0.462. The molecule has 0 atom stereocenters. The Morgan fingerprint density at radius 3 is 2.62 bits per heavy atom. The van der Waals surface area contributed by atoms with Crippen molar-refractivity contribution >= 4 is 37.6 Å². The Morgan fingerprint density at radius 2 is 2.04 bits per heavy atom. The molecule has 0 radical (unpaired) electrons. The van der Waals surface area contributed by atoms with Crippen LogP contribution in [0.15, 0.2) is 46.0 Å². The molecule has 26 heavy (non-hydrogen) atoms. The Hall–Kier alpha value is -2.00. The third-order valence-electron chi connectivity index (χ3n) is 3.80. The van der Waals surface area contributed by atoms with Crippen LogP contribution in [0.4, 0.5) is 5.69 Å². The third kappa shape index (κ3) is 5.77. The van der Waals surface area contributed by atoms with Crippen molar-refractivity contribution in [3.8, 4) is 0 Å². The number of aliphatic imine (C=N–C) groups is 1. The van der Waals surface area contributed by atoms with E-state index in [0.29, 0.717) is 18.8 Å². The Balaban J connectivity index is 2.06. The number of anilines is 1. The molecule has 0 spiro atoms. The van der Waals surface area contributed by atoms with E-state index in [0.717, 1.165) is 27.9 Å². The van der Waals surface area contributed by atoms with Crippen molar-refractivity contribution in [2.45, 2.75) is 13.1 Å². The number of para-hydroxylation sites is 1. The number of rotatable bonds is 6. The topological polar surface area (TPSA) is 78.7 Å². The van der Waals surface area contributed by atoms with Gasteiger partial charge in [0.15, 0.2) is 5.96 Å². The lowest BCUT2D eigenvalue weighted by Crippen LogP contribution is -2.38. The number of sulfonamides is 1. The number of benzene rings is 1. The van der Waals surface area contributed by atoms with E-state index in [2.05, 4.69) is 41.6 Å². The second-order valence-corrected chi connectivity index (χ2v) is 8.71. The molecule has 2 aromatic rings. The normalized spacial score (nSPS) is 12.1. The van der Waals surface area contributed by atoms with Crippen molar-refractivity contribution in [1.82, 2.24) is 14.8 Å². The quantitative estimate of drug-likeness (QED) is 0.532. The first-order chi connectivity index (χ1) is 12.2. The molecule has 0 saturated carbocycles. The molecule has 0 fully saturated rings. The number of guanidine groups is 1. The van der Waals surface area contributed by atoms with Gasteiger partial charge in [-0.2, -0.15) is 0 Å². The van der Waals surface area contributed by atoms with E-state index in [9.17, 15) is 8.42 Å². The van der Waals surface area contributed by atoms with Crippen molar-refractivity contribution < 1.29 is 8.42 Å². The molecule has 0 aliphatic carbocycles. The Labute approximate surface area is 163 Å². The van der Waals surface area contributed by atoms with Crippen LogP contribution >= 0.6 is 15.9 Å². The summed E-state index contributed by atoms with van der Waals surface area (Å²) in [6.07, 6.45) is 3.15. The Morgan fingerprint density at radius 1 is 1.35 bits per heavy atom. The van der Waals surface area contributed by atoms with Gasteiger partial charge in [-0.1, -0.05) is 18.2 Å². The average Bonchev–Trinajstić information content (AvgIpc) is 2.85. The highest BCUT2D eigenvalue weighted by Gasteiger charge is 2.11. The minimum absolute atomic E-state index is 0.451. The third-order valence-corrected chi connectivity index (χ3v) is 4.82. The summed E-state index contributed by atoms with van der Waals surface area (Å²) in [6.45, 7) is 1.14. The summed E-state index contributed by atoms with van der Waals surface area (Å²) in [5, 5.41) is 3.28. The molecule has 0 unspecified atom stereocenters. The van der Waals surface area contributed by atoms with Crippen LogP contribution in [-0.4, -0.2) is 44.2 Å². The second-order valence-electron chi connectivity index (χ2n) is 6.05. The minimum atomic E-state index is -3.33. The smallest absolute Gasteiger partial charge is 0.229 e. The number of aryl methyl sites for hydroxylation is 1. The molecule has 1 aromatic carbocycles. The van der Waals surface area contributed by atoms with Gasteiger partial charge in [-0.15, -0.1) is 0 Å². The fourth-order valence-electron chi connectivity index (χ4n) is 2.57. The standard InChI is InChI=1S/C17H24BrN5O2S/c1-19-17(23(3)12-15-9-14(18)11-22(15)2)20-10-13-7-5-6-8-16(13)21-26(4,24)25/h5-9,11,21H,10,12H2,1-4H3,(H,19,20). The number of aromatic nitrogens is 1. The van der Waals surface area contributed by atoms with Gasteiger partial charge in [0, 0.05) is 44.1 Å². The zero-order chi connectivity index (χ0) is 19.3. The van der Waals surface area contributed by atoms with Gasteiger partial charge in [0.05, 0.1) is 18.5 Å². The molecule has 7 nitrogen and oxygen atoms in total. The van der Waals surface area contributed by atoms with Crippen LogP contribution in [0, 0.1) is 0 Å². The SMILES string of the molecule is CN=C(NCc1ccccc1NS(C)(=O)=O)N(C)Cc1cc(Br)cn1C. The first-order valence-corrected chi connectivity index (χ1v) is 10.7. The van der Waals surface area contributed by atoms with Gasteiger partial charge >= 0.3 is 0 Å². The molecule has 0 saturated heterocycles. The number of nitrogens with one attached hydrogen (secondary N) is 2. The summed E-state index contributed by atoms with van der Waals surface area (Å²) in [4.78, 5) is 6.32. The summed E-state index contributed by atoms with van der Waals surface area (Å²) in [5.74, 6) is 0.719. The predicted octanol–water partition coefficient (Wildman–Crippen LogP) is 2.37. The molecule has 0 bridgehead atoms. The predicted molar refractivity (Wildman–Crippen MR) is 110 cm³/mol. The molecule has 1 aromatic heterocycles. The lowest BCUT2D eigenvalue weighted by Gasteiger charge is -2.23. The summed E-state index contributed by atoms with van der Waals surface area (Å²) < 4.78 is 28.7. The zero-order valence-corrected chi connectivity index (χ0v) is 17.7. The maximum atomic E-state index is 11.5. The molecule has 2 rings (SSSR count). The number of hydrogen-bond acceptors (Lipinski definition) is 3. The highest BCUT2D eigenvalue weighted by atomic mass is 79.9. The number of hydrogen-bond donors (Lipinski definition) is 2. The van der Waals surface area contributed by atoms with Crippen LogP contribution in [0.3, 0.4) is 0 Å². The van der Waals surface area contributed by atoms with Gasteiger partial charge < -0.3 is 14.8 Å². The van der Waals surface area contributed by atoms with Crippen molar-refractivity contribution in [3.63, 3.8) is 0 Å². The van der Waals surface area contributed by atoms with E-state index in [4.69, 9.17) is 0 Å². The maximum Gasteiger partial charge on any atom is 0.229 e. The van der Waals surface area contributed by atoms with E-state index in [1.54, 1.807) is 19.2 Å². The van der Waals surface area contributed by atoms with Crippen LogP contribution < -0.4 is 10.0 Å². The van der Waals surface area contributed by atoms with Gasteiger partial charge in [0.25, 0.3) is 0 Å². The number of nitrogens with zero attached hydrogens (tertiary/aromatic N) is 3. The molecule has 1 heterocycles. The highest BCUT2D eigenvalue weighted by Crippen LogP contribution is 2.17. The van der Waals surface area contributed by atoms with Gasteiger partial charge in [-0.3, -0.25) is 9.71 Å². The second kappa shape index (κ2) is 8.59. The van der Waals surface area contributed by atoms with E-state index in [1.807, 2.05) is 37.3 Å². The van der Waals surface area contributed by atoms with E-state index < -0.39 is 10.0 Å². The van der Waals surface area contributed by atoms with Crippen molar-refractivity contribution in [2.75, 3.05) is 25.1 Å². The molecular formula is C17H24BrN5O2S. The van der Waals surface area contributed by atoms with Crippen LogP contribution in [0.25, 0.3) is 0 Å². The highest BCUT2D eigenvalue weighted by molar-refractivity contribution is 9.10. The molecular weight excluding hydrogens is 418 g/mol. The van der Waals surface area contributed by atoms with Gasteiger partial charge in [-0.25, -0.2) is 8.42 Å². The average molecular weight is 442 g/mol. The number of halogens is 1. The largest absolute Gasteiger partial charge is 0.352 e. The molecule has 2 N–H and O–H groups in total. The van der Waals surface area contributed by atoms with E-state index in [1.165, 1.54) is 0 Å². The molecule has 0 amide bonds. The molecule has 0 aliphatic rings. The minimum Gasteiger partial charge on any atom is -0.352 e. The molecule has 142 valence electrons. The fourth-order valence-corrected chi connectivity index (χ4v) is 3.74. The summed E-state index contributed by atoms with van der Waals surface area (Å²) in [6, 6.07) is 9.35. The first kappa shape index (κ1) is 20.3. The monoisotopic (exact) mass is 441 g/mol. The lowest BCUT2D eigenvalue weighted by atomic mass is 10.2. The van der Waals surface area contributed by atoms with Crippen molar-refractivity contribution in [2.24, 2.45) is 12.0 Å². The summed E-state index contributed by atoms with van der Waals surface area (Å²) >= 11 is 3.48. The molecule has 9 heteroatoms. The molecule has 0 aliphatic heterocycles. The Kier molecular flexibility index (Phi) is 6.71. The van der Waals surface area contributed by atoms with Crippen molar-refractivity contribution in [1.29, 1.82) is 0 Å². The van der Waals surface area contributed by atoms with Gasteiger partial charge in [-0.05, 0) is 33.6 Å². The first-order valence-electron chi connectivity index (χ1n) is 7.98. The van der Waals surface area contributed by atoms with E-state index in [-0.39, 0.29) is 0 Å². The van der Waals surface area contributed by atoms with Crippen LogP contribution in [-0.2, 0) is 30.2 Å². The van der Waals surface area contributed by atoms with Crippen LogP contribution in [0.2, 0.25) is 0 Å².